The van der Waals surface area contributed by atoms with Crippen LogP contribution in [0.25, 0.3) is 11.1 Å². The van der Waals surface area contributed by atoms with Gasteiger partial charge < -0.3 is 43.4 Å². The second kappa shape index (κ2) is 24.5. The largest absolute Gasteiger partial charge is 0.465 e. The highest BCUT2D eigenvalue weighted by Crippen LogP contribution is 2.49. The van der Waals surface area contributed by atoms with Gasteiger partial charge in [0.2, 0.25) is 12.4 Å². The van der Waals surface area contributed by atoms with Gasteiger partial charge in [0, 0.05) is 69.7 Å². The molecule has 1 aromatic heterocycles. The van der Waals surface area contributed by atoms with Crippen molar-refractivity contribution in [3.8, 4) is 16.9 Å². The highest BCUT2D eigenvalue weighted by Gasteiger charge is 2.52. The van der Waals surface area contributed by atoms with Crippen molar-refractivity contribution in [2.75, 3.05) is 24.7 Å². The summed E-state index contributed by atoms with van der Waals surface area (Å²) >= 11 is 0. The van der Waals surface area contributed by atoms with E-state index in [1.807, 2.05) is 48.5 Å². The quantitative estimate of drug-likeness (QED) is 0.0599. The molecule has 430 valence electrons. The molecule has 0 bridgehead atoms. The fraction of sp³-hybridized carbons (Fsp3) is 0.344. The van der Waals surface area contributed by atoms with Gasteiger partial charge in [0.15, 0.2) is 18.0 Å². The van der Waals surface area contributed by atoms with Gasteiger partial charge >= 0.3 is 30.0 Å². The predicted molar refractivity (Wildman–Crippen MR) is 291 cm³/mol. The maximum atomic E-state index is 15.6. The molecule has 1 amide bonds. The molecule has 3 aliphatic heterocycles. The molecular weight excluding hydrogens is 1080 g/mol. The minimum absolute atomic E-state index is 0.0511. The number of aliphatic imine (C=N–C) groups is 1. The summed E-state index contributed by atoms with van der Waals surface area (Å²) in [6, 6.07) is 27.8. The lowest BCUT2D eigenvalue weighted by atomic mass is 9.76. The van der Waals surface area contributed by atoms with Gasteiger partial charge in [0.05, 0.1) is 36.1 Å². The summed E-state index contributed by atoms with van der Waals surface area (Å²) in [5.41, 5.74) is 6.60. The van der Waals surface area contributed by atoms with Crippen LogP contribution in [0.1, 0.15) is 114 Å². The van der Waals surface area contributed by atoms with Crippen LogP contribution < -0.4 is 15.0 Å². The third-order valence-corrected chi connectivity index (χ3v) is 14.9. The predicted octanol–water partition coefficient (Wildman–Crippen LogP) is 7.86. The number of amides is 1. The van der Waals surface area contributed by atoms with Crippen molar-refractivity contribution >= 4 is 52.9 Å². The average molecular weight is 1140 g/mol. The van der Waals surface area contributed by atoms with Crippen LogP contribution in [0.5, 0.6) is 5.75 Å². The lowest BCUT2D eigenvalue weighted by molar-refractivity contribution is -0.280. The molecule has 4 aliphatic rings. The number of carbonyl (C=O) groups is 7. The number of benzene rings is 5. The lowest BCUT2D eigenvalue weighted by Crippen LogP contribution is -2.62. The Balaban J connectivity index is 0.876. The van der Waals surface area contributed by atoms with Crippen LogP contribution in [0.3, 0.4) is 0 Å². The molecule has 5 aromatic carbocycles. The molecule has 83 heavy (non-hydrogen) atoms. The summed E-state index contributed by atoms with van der Waals surface area (Å²) < 4.78 is 72.3. The summed E-state index contributed by atoms with van der Waals surface area (Å²) in [6.07, 6.45) is -6.38. The van der Waals surface area contributed by atoms with E-state index in [1.165, 1.54) is 30.6 Å². The van der Waals surface area contributed by atoms with Crippen LogP contribution in [-0.2, 0) is 72.5 Å². The van der Waals surface area contributed by atoms with Crippen molar-refractivity contribution < 1.29 is 75.5 Å². The Hall–Kier alpha value is -9.18. The Morgan fingerprint density at radius 3 is 2.11 bits per heavy atom. The third-order valence-electron chi connectivity index (χ3n) is 14.9. The van der Waals surface area contributed by atoms with Crippen molar-refractivity contribution in [2.24, 2.45) is 12.0 Å². The maximum absolute atomic E-state index is 15.6. The number of hydrogen-bond donors (Lipinski definition) is 1. The minimum Gasteiger partial charge on any atom is -0.465 e. The van der Waals surface area contributed by atoms with E-state index >= 15 is 4.39 Å². The number of nitrogens with zero attached hydrogens (tertiary/aromatic N) is 5. The molecule has 1 aliphatic carbocycles. The molecule has 10 rings (SSSR count). The smallest absolute Gasteiger partial charge is 0.408 e. The second-order valence-corrected chi connectivity index (χ2v) is 20.5. The Bertz CT molecular complexity index is 3510. The van der Waals surface area contributed by atoms with Crippen molar-refractivity contribution in [1.82, 2.24) is 20.1 Å². The molecule has 6 aromatic rings. The van der Waals surface area contributed by atoms with Gasteiger partial charge in [-0.15, -0.1) is 0 Å². The highest BCUT2D eigenvalue weighted by atomic mass is 19.1. The number of nitrogens with one attached hydrogen (secondary N) is 1. The van der Waals surface area contributed by atoms with Gasteiger partial charge in [-0.2, -0.15) is 5.10 Å². The molecule has 1 saturated heterocycles. The highest BCUT2D eigenvalue weighted by molar-refractivity contribution is 6.21. The fourth-order valence-electron chi connectivity index (χ4n) is 11.4. The summed E-state index contributed by atoms with van der Waals surface area (Å²) in [7, 11) is 1.68. The molecule has 0 spiro atoms. The number of hydrogen-bond acceptors (Lipinski definition) is 18. The summed E-state index contributed by atoms with van der Waals surface area (Å²) in [6.45, 7) is 4.12. The molecule has 7 atom stereocenters. The molecule has 22 heteroatoms. The Morgan fingerprint density at radius 1 is 0.759 bits per heavy atom. The van der Waals surface area contributed by atoms with E-state index in [0.717, 1.165) is 49.1 Å². The lowest BCUT2D eigenvalue weighted by Gasteiger charge is -2.45. The monoisotopic (exact) mass is 1140 g/mol. The maximum Gasteiger partial charge on any atom is 0.408 e. The number of esters is 4. The van der Waals surface area contributed by atoms with Crippen LogP contribution in [0.4, 0.5) is 19.3 Å². The van der Waals surface area contributed by atoms with Crippen LogP contribution in [-0.4, -0.2) is 113 Å². The van der Waals surface area contributed by atoms with Gasteiger partial charge in [-0.1, -0.05) is 66.7 Å². The zero-order chi connectivity index (χ0) is 58.6. The number of alkyl carbamates (subject to hydrolysis) is 1. The fourth-order valence-corrected chi connectivity index (χ4v) is 11.4. The number of Topliss-reactive ketones (excluding diaryl/α,β-unsaturated/α-hetero) is 2. The zero-order valence-corrected chi connectivity index (χ0v) is 45.9. The van der Waals surface area contributed by atoms with E-state index in [1.54, 1.807) is 47.8 Å². The van der Waals surface area contributed by atoms with E-state index in [4.69, 9.17) is 33.2 Å². The number of ketones is 2. The molecule has 0 radical (unpaired) electrons. The van der Waals surface area contributed by atoms with Crippen molar-refractivity contribution in [3.05, 3.63) is 166 Å². The minimum atomic E-state index is -1.49. The van der Waals surface area contributed by atoms with Crippen molar-refractivity contribution in [1.29, 1.82) is 0 Å². The van der Waals surface area contributed by atoms with Gasteiger partial charge in [0.1, 0.15) is 55.1 Å². The van der Waals surface area contributed by atoms with Crippen molar-refractivity contribution in [3.63, 3.8) is 0 Å². The van der Waals surface area contributed by atoms with Gasteiger partial charge in [-0.25, -0.2) is 18.6 Å². The first-order valence-electron chi connectivity index (χ1n) is 26.9. The van der Waals surface area contributed by atoms with Crippen LogP contribution >= 0.6 is 0 Å². The zero-order valence-electron chi connectivity index (χ0n) is 45.9. The number of aryl methyl sites for hydroxylation is 1. The number of rotatable bonds is 19. The number of carbonyl (C=O) groups excluding carboxylic acids is 7. The van der Waals surface area contributed by atoms with E-state index in [9.17, 15) is 38.0 Å². The molecule has 4 heterocycles. The first-order chi connectivity index (χ1) is 39.9. The standard InChI is InChI=1S/C61H58F2N6O14/c1-32-56(80-33(2)70)57(81-34(3)71)58(82-35(4)72)60(79-32)83-50-22-17-36(23-38(50)24-41(73)11-10-16-51(75)77-29-47-44-14-8-6-12-42(44)43-13-7-9-15-45(43)47)28-78-61(76)66-31-69-48-26-40(63)25-46-49(74)27-64-54(52(46)48)53(59-65-30-67-68(59)5)55(69)37-18-20-39(62)21-19-37/h6-9,12-15,17-23,25-26,30,32,47,53,55-58,60H,10-11,16,24,27-29,31H2,1-5H3,(H,66,76)/t32-,53+,55-,56-,57+,58-,60+/m1/s1. The van der Waals surface area contributed by atoms with E-state index in [-0.39, 0.29) is 86.4 Å². The first-order valence-corrected chi connectivity index (χ1v) is 26.9. The molecule has 1 fully saturated rings. The number of aromatic nitrogens is 3. The molecule has 0 saturated carbocycles. The first kappa shape index (κ1) is 57.1. The van der Waals surface area contributed by atoms with Crippen molar-refractivity contribution in [2.45, 2.75) is 109 Å². The molecular formula is C61H58F2N6O14. The Morgan fingerprint density at radius 2 is 1.43 bits per heavy atom. The topological polar surface area (TPSA) is 242 Å². The van der Waals surface area contributed by atoms with E-state index < -0.39 is 90.1 Å². The number of anilines is 1. The summed E-state index contributed by atoms with van der Waals surface area (Å²) in [4.78, 5) is 102. The van der Waals surface area contributed by atoms with Crippen LogP contribution in [0.15, 0.2) is 114 Å². The van der Waals surface area contributed by atoms with Gasteiger partial charge in [-0.3, -0.25) is 38.4 Å². The van der Waals surface area contributed by atoms with Crippen LogP contribution in [0, 0.1) is 11.6 Å². The second-order valence-electron chi connectivity index (χ2n) is 20.5. The molecule has 1 N–H and O–H groups in total. The molecule has 20 nitrogen and oxygen atoms in total. The van der Waals surface area contributed by atoms with Gasteiger partial charge in [-0.05, 0) is 83.1 Å². The number of ether oxygens (including phenoxy) is 7. The van der Waals surface area contributed by atoms with Crippen LogP contribution in [0.2, 0.25) is 0 Å². The average Bonchev–Trinajstić information content (AvgIpc) is 2.30. The van der Waals surface area contributed by atoms with Gasteiger partial charge in [0.25, 0.3) is 0 Å². The van der Waals surface area contributed by atoms with E-state index in [0.29, 0.717) is 28.2 Å². The normalized spacial score (nSPS) is 20.4. The van der Waals surface area contributed by atoms with E-state index in [2.05, 4.69) is 20.4 Å². The number of halogens is 2. The third kappa shape index (κ3) is 12.4. The number of fused-ring (bicyclic) bond motifs is 3. The Kier molecular flexibility index (Phi) is 16.8. The SMILES string of the molecule is CC(=O)O[C@@H]1[C@@H](OC(C)=O)[C@H](Oc2ccc(COC(=O)NCN3c4cc(F)cc5c4C(=NCC5=O)[C@H](c4ncnn4C)[C@H]3c3ccc(F)cc3)cc2CC(=O)CCCC(=O)OCC2c3ccccc3-c3ccccc32)O[C@H](C)[C@H]1OC(C)=O. The molecule has 0 unspecified atom stereocenters. The summed E-state index contributed by atoms with van der Waals surface area (Å²) in [5, 5.41) is 7.03. The summed E-state index contributed by atoms with van der Waals surface area (Å²) in [5.74, 6) is -5.15. The Labute approximate surface area is 475 Å².